The van der Waals surface area contributed by atoms with Crippen LogP contribution in [-0.2, 0) is 4.79 Å². The summed E-state index contributed by atoms with van der Waals surface area (Å²) >= 11 is 0. The van der Waals surface area contributed by atoms with Crippen molar-refractivity contribution in [1.29, 1.82) is 0 Å². The molecule has 0 unspecified atom stereocenters. The van der Waals surface area contributed by atoms with E-state index < -0.39 is 0 Å². The topological polar surface area (TPSA) is 43.8 Å². The van der Waals surface area contributed by atoms with Crippen LogP contribution in [0.25, 0.3) is 0 Å². The molecule has 2 fully saturated rings. The zero-order valence-electron chi connectivity index (χ0n) is 14.3. The number of aliphatic hydroxyl groups excluding tert-OH is 1. The van der Waals surface area contributed by atoms with Gasteiger partial charge in [0.2, 0.25) is 5.91 Å². The number of piperazine rings is 1. The van der Waals surface area contributed by atoms with Gasteiger partial charge >= 0.3 is 0 Å². The fraction of sp³-hybridized carbons (Fsp3) is 0.632. The predicted octanol–water partition coefficient (Wildman–Crippen LogP) is 2.38. The molecule has 1 N–H and O–H groups in total. The van der Waals surface area contributed by atoms with E-state index in [-0.39, 0.29) is 29.8 Å². The van der Waals surface area contributed by atoms with E-state index in [9.17, 15) is 14.3 Å². The lowest BCUT2D eigenvalue weighted by atomic mass is 9.96. The van der Waals surface area contributed by atoms with Crippen LogP contribution in [0, 0.1) is 5.82 Å². The predicted molar refractivity (Wildman–Crippen MR) is 91.2 cm³/mol. The summed E-state index contributed by atoms with van der Waals surface area (Å²) < 4.78 is 13.8. The molecule has 1 saturated heterocycles. The van der Waals surface area contributed by atoms with Crippen molar-refractivity contribution in [2.45, 2.75) is 50.7 Å². The first-order chi connectivity index (χ1) is 11.6. The molecule has 5 heteroatoms. The van der Waals surface area contributed by atoms with Gasteiger partial charge in [0.05, 0.1) is 6.10 Å². The minimum absolute atomic E-state index is 0.0948. The second kappa shape index (κ2) is 7.62. The number of amides is 1. The standard InChI is InChI=1S/C19H27FN2O2/c1-14(15-5-2-3-6-16(15)20)13-19(24)22-11-9-21(10-12-22)17-7-4-8-18(17)23/h2-3,5-6,14,17-18,23H,4,7-13H2,1H3/t14-,17+,18-/m1/s1. The van der Waals surface area contributed by atoms with Gasteiger partial charge in [0.15, 0.2) is 0 Å². The number of hydrogen-bond donors (Lipinski definition) is 1. The van der Waals surface area contributed by atoms with Crippen LogP contribution in [0.2, 0.25) is 0 Å². The minimum Gasteiger partial charge on any atom is -0.391 e. The van der Waals surface area contributed by atoms with Crippen molar-refractivity contribution in [1.82, 2.24) is 9.80 Å². The molecule has 24 heavy (non-hydrogen) atoms. The van der Waals surface area contributed by atoms with E-state index in [1.165, 1.54) is 6.07 Å². The largest absolute Gasteiger partial charge is 0.391 e. The number of carbonyl (C=O) groups is 1. The van der Waals surface area contributed by atoms with E-state index in [4.69, 9.17) is 0 Å². The van der Waals surface area contributed by atoms with Crippen LogP contribution in [0.4, 0.5) is 4.39 Å². The number of nitrogens with zero attached hydrogens (tertiary/aromatic N) is 2. The second-order valence-corrected chi connectivity index (χ2v) is 7.11. The molecule has 1 aliphatic carbocycles. The first-order valence-electron chi connectivity index (χ1n) is 9.00. The highest BCUT2D eigenvalue weighted by Gasteiger charge is 2.33. The Morgan fingerprint density at radius 1 is 1.25 bits per heavy atom. The summed E-state index contributed by atoms with van der Waals surface area (Å²) in [6, 6.07) is 6.95. The molecular formula is C19H27FN2O2. The SMILES string of the molecule is C[C@H](CC(=O)N1CCN([C@H]2CCC[C@H]2O)CC1)c1ccccc1F. The molecule has 2 aliphatic rings. The van der Waals surface area contributed by atoms with Crippen molar-refractivity contribution in [3.8, 4) is 0 Å². The van der Waals surface area contributed by atoms with Gasteiger partial charge in [-0.3, -0.25) is 9.69 Å². The lowest BCUT2D eigenvalue weighted by Gasteiger charge is -2.39. The van der Waals surface area contributed by atoms with Gasteiger partial charge in [0.25, 0.3) is 0 Å². The molecule has 4 nitrogen and oxygen atoms in total. The molecule has 0 spiro atoms. The average Bonchev–Trinajstić information content (AvgIpc) is 3.01. The Balaban J connectivity index is 1.51. The Hall–Kier alpha value is -1.46. The summed E-state index contributed by atoms with van der Waals surface area (Å²) in [7, 11) is 0. The maximum absolute atomic E-state index is 13.8. The fourth-order valence-corrected chi connectivity index (χ4v) is 4.03. The Labute approximate surface area is 143 Å². The van der Waals surface area contributed by atoms with Gasteiger partial charge in [-0.05, 0) is 36.8 Å². The minimum atomic E-state index is -0.238. The smallest absolute Gasteiger partial charge is 0.223 e. The van der Waals surface area contributed by atoms with Crippen molar-refractivity contribution in [3.63, 3.8) is 0 Å². The number of aliphatic hydroxyl groups is 1. The molecular weight excluding hydrogens is 307 g/mol. The summed E-state index contributed by atoms with van der Waals surface area (Å²) in [5, 5.41) is 10.0. The molecule has 1 amide bonds. The number of rotatable bonds is 4. The number of halogens is 1. The van der Waals surface area contributed by atoms with Gasteiger partial charge in [-0.1, -0.05) is 25.1 Å². The maximum atomic E-state index is 13.8. The molecule has 1 saturated carbocycles. The van der Waals surface area contributed by atoms with Gasteiger partial charge in [0, 0.05) is 38.6 Å². The summed E-state index contributed by atoms with van der Waals surface area (Å²) in [5.74, 6) is -0.261. The summed E-state index contributed by atoms with van der Waals surface area (Å²) in [5.41, 5.74) is 0.610. The van der Waals surface area contributed by atoms with Gasteiger partial charge in [0.1, 0.15) is 5.82 Å². The zero-order chi connectivity index (χ0) is 17.1. The van der Waals surface area contributed by atoms with Crippen LogP contribution in [-0.4, -0.2) is 59.1 Å². The molecule has 1 heterocycles. The van der Waals surface area contributed by atoms with Crippen LogP contribution in [0.15, 0.2) is 24.3 Å². The molecule has 0 aromatic heterocycles. The number of benzene rings is 1. The number of carbonyl (C=O) groups excluding carboxylic acids is 1. The van der Waals surface area contributed by atoms with Crippen LogP contribution in [0.5, 0.6) is 0 Å². The molecule has 0 bridgehead atoms. The highest BCUT2D eigenvalue weighted by Crippen LogP contribution is 2.26. The Morgan fingerprint density at radius 2 is 1.96 bits per heavy atom. The van der Waals surface area contributed by atoms with E-state index in [1.807, 2.05) is 17.9 Å². The average molecular weight is 334 g/mol. The molecule has 1 aromatic rings. The van der Waals surface area contributed by atoms with E-state index in [0.717, 1.165) is 32.4 Å². The quantitative estimate of drug-likeness (QED) is 0.919. The Morgan fingerprint density at radius 3 is 2.58 bits per heavy atom. The van der Waals surface area contributed by atoms with Crippen LogP contribution >= 0.6 is 0 Å². The summed E-state index contributed by atoms with van der Waals surface area (Å²) in [6.45, 7) is 4.95. The second-order valence-electron chi connectivity index (χ2n) is 7.11. The highest BCUT2D eigenvalue weighted by molar-refractivity contribution is 5.77. The van der Waals surface area contributed by atoms with E-state index in [0.29, 0.717) is 25.1 Å². The monoisotopic (exact) mass is 334 g/mol. The molecule has 3 rings (SSSR count). The van der Waals surface area contributed by atoms with E-state index >= 15 is 0 Å². The van der Waals surface area contributed by atoms with E-state index in [2.05, 4.69) is 4.90 Å². The van der Waals surface area contributed by atoms with Crippen molar-refractivity contribution in [3.05, 3.63) is 35.6 Å². The lowest BCUT2D eigenvalue weighted by Crippen LogP contribution is -2.53. The molecule has 1 aromatic carbocycles. The third-order valence-corrected chi connectivity index (χ3v) is 5.50. The van der Waals surface area contributed by atoms with Crippen molar-refractivity contribution < 1.29 is 14.3 Å². The van der Waals surface area contributed by atoms with Gasteiger partial charge in [-0.15, -0.1) is 0 Å². The van der Waals surface area contributed by atoms with Crippen molar-refractivity contribution >= 4 is 5.91 Å². The normalized spacial score (nSPS) is 26.5. The third kappa shape index (κ3) is 3.78. The van der Waals surface area contributed by atoms with Gasteiger partial charge in [-0.2, -0.15) is 0 Å². The van der Waals surface area contributed by atoms with Crippen LogP contribution < -0.4 is 0 Å². The summed E-state index contributed by atoms with van der Waals surface area (Å²) in [4.78, 5) is 16.7. The Bertz CT molecular complexity index is 572. The van der Waals surface area contributed by atoms with Crippen molar-refractivity contribution in [2.75, 3.05) is 26.2 Å². The van der Waals surface area contributed by atoms with Crippen molar-refractivity contribution in [2.24, 2.45) is 0 Å². The molecule has 132 valence electrons. The van der Waals surface area contributed by atoms with Gasteiger partial charge < -0.3 is 10.0 Å². The molecule has 3 atom stereocenters. The van der Waals surface area contributed by atoms with Crippen LogP contribution in [0.3, 0.4) is 0 Å². The zero-order valence-corrected chi connectivity index (χ0v) is 14.3. The summed E-state index contributed by atoms with van der Waals surface area (Å²) in [6.07, 6.45) is 3.16. The number of hydrogen-bond acceptors (Lipinski definition) is 3. The third-order valence-electron chi connectivity index (χ3n) is 5.50. The Kier molecular flexibility index (Phi) is 5.51. The highest BCUT2D eigenvalue weighted by atomic mass is 19.1. The fourth-order valence-electron chi connectivity index (χ4n) is 4.03. The van der Waals surface area contributed by atoms with Gasteiger partial charge in [-0.25, -0.2) is 4.39 Å². The molecule has 0 radical (unpaired) electrons. The van der Waals surface area contributed by atoms with E-state index in [1.54, 1.807) is 12.1 Å². The first-order valence-corrected chi connectivity index (χ1v) is 9.00. The van der Waals surface area contributed by atoms with Crippen LogP contribution in [0.1, 0.15) is 44.1 Å². The molecule has 1 aliphatic heterocycles. The maximum Gasteiger partial charge on any atom is 0.223 e. The first kappa shape index (κ1) is 17.4. The lowest BCUT2D eigenvalue weighted by molar-refractivity contribution is -0.133.